The predicted molar refractivity (Wildman–Crippen MR) is 150 cm³/mol. The average Bonchev–Trinajstić information content (AvgIpc) is 3.13. The third-order valence-corrected chi connectivity index (χ3v) is 6.11. The number of nitrogens with zero attached hydrogens (tertiary/aromatic N) is 1. The van der Waals surface area contributed by atoms with E-state index >= 15 is 0 Å². The molecular formula is C31H43NO3. The maximum Gasteiger partial charge on any atom is 0.112 e. The maximum atomic E-state index is 8.76. The zero-order valence-corrected chi connectivity index (χ0v) is 21.9. The molecule has 0 aliphatic carbocycles. The van der Waals surface area contributed by atoms with Crippen LogP contribution in [0.1, 0.15) is 57.9 Å². The van der Waals surface area contributed by atoms with E-state index in [1.165, 1.54) is 21.5 Å². The number of ether oxygens (including phenoxy) is 2. The standard InChI is InChI=1S/C31H43NO3/c1-6-15-30-28(8-3)29-19-18-27(24-31(29)32(30)5)26(7-2)17-16-25(4)35-23-14-10-13-22-34-21-12-9-11-20-33/h6-8,15-19,24,33H,1,4,9-14,20-23H2,2-3,5H3/b17-16-,26-7+,28-8-,30-15+. The number of hydrogen-bond acceptors (Lipinski definition) is 3. The third kappa shape index (κ3) is 8.72. The van der Waals surface area contributed by atoms with Crippen molar-refractivity contribution in [3.8, 4) is 0 Å². The molecule has 2 aromatic rings. The number of aliphatic hydroxyl groups excluding tert-OH is 1. The zero-order valence-electron chi connectivity index (χ0n) is 21.9. The van der Waals surface area contributed by atoms with Crippen molar-refractivity contribution in [1.29, 1.82) is 0 Å². The van der Waals surface area contributed by atoms with Gasteiger partial charge in [0.05, 0.1) is 6.61 Å². The van der Waals surface area contributed by atoms with E-state index in [-0.39, 0.29) is 6.61 Å². The van der Waals surface area contributed by atoms with Gasteiger partial charge in [-0.3, -0.25) is 0 Å². The van der Waals surface area contributed by atoms with Gasteiger partial charge in [0.25, 0.3) is 0 Å². The van der Waals surface area contributed by atoms with Gasteiger partial charge in [0.15, 0.2) is 0 Å². The summed E-state index contributed by atoms with van der Waals surface area (Å²) in [6.45, 7) is 14.6. The molecule has 0 radical (unpaired) electrons. The highest BCUT2D eigenvalue weighted by molar-refractivity contribution is 5.87. The molecule has 1 heterocycles. The van der Waals surface area contributed by atoms with E-state index < -0.39 is 0 Å². The first kappa shape index (κ1) is 28.4. The van der Waals surface area contributed by atoms with Gasteiger partial charge in [-0.1, -0.05) is 49.6 Å². The molecular weight excluding hydrogens is 434 g/mol. The lowest BCUT2D eigenvalue weighted by atomic mass is 10.0. The molecule has 0 spiro atoms. The van der Waals surface area contributed by atoms with Crippen LogP contribution in [0.15, 0.2) is 61.4 Å². The Hall–Kier alpha value is -2.82. The van der Waals surface area contributed by atoms with Gasteiger partial charge in [-0.15, -0.1) is 0 Å². The van der Waals surface area contributed by atoms with Gasteiger partial charge in [0, 0.05) is 48.3 Å². The summed E-state index contributed by atoms with van der Waals surface area (Å²) in [5.41, 5.74) is 3.49. The second-order valence-corrected chi connectivity index (χ2v) is 8.63. The minimum absolute atomic E-state index is 0.273. The van der Waals surface area contributed by atoms with Gasteiger partial charge < -0.3 is 19.1 Å². The highest BCUT2D eigenvalue weighted by Crippen LogP contribution is 2.21. The highest BCUT2D eigenvalue weighted by atomic mass is 16.5. The molecule has 0 atom stereocenters. The quantitative estimate of drug-likeness (QED) is 0.189. The lowest BCUT2D eigenvalue weighted by Gasteiger charge is -2.08. The van der Waals surface area contributed by atoms with E-state index in [0.29, 0.717) is 12.4 Å². The Labute approximate surface area is 211 Å². The van der Waals surface area contributed by atoms with Crippen LogP contribution in [0.3, 0.4) is 0 Å². The normalized spacial score (nSPS) is 13.3. The molecule has 0 aliphatic heterocycles. The van der Waals surface area contributed by atoms with E-state index in [2.05, 4.69) is 81.1 Å². The van der Waals surface area contributed by atoms with Gasteiger partial charge in [-0.2, -0.15) is 0 Å². The number of aryl methyl sites for hydroxylation is 1. The monoisotopic (exact) mass is 477 g/mol. The first-order valence-corrected chi connectivity index (χ1v) is 12.8. The molecule has 190 valence electrons. The van der Waals surface area contributed by atoms with Crippen molar-refractivity contribution in [2.45, 2.75) is 52.4 Å². The van der Waals surface area contributed by atoms with Crippen molar-refractivity contribution in [2.24, 2.45) is 7.05 Å². The van der Waals surface area contributed by atoms with Gasteiger partial charge in [-0.05, 0) is 81.7 Å². The largest absolute Gasteiger partial charge is 0.494 e. The molecule has 35 heavy (non-hydrogen) atoms. The molecule has 0 saturated carbocycles. The van der Waals surface area contributed by atoms with E-state index in [9.17, 15) is 0 Å². The Morgan fingerprint density at radius 3 is 2.37 bits per heavy atom. The first-order chi connectivity index (χ1) is 17.1. The summed E-state index contributed by atoms with van der Waals surface area (Å²) in [4.78, 5) is 0. The van der Waals surface area contributed by atoms with Crippen molar-refractivity contribution < 1.29 is 14.6 Å². The number of aliphatic hydroxyl groups is 1. The number of benzene rings is 1. The predicted octanol–water partition coefficient (Wildman–Crippen LogP) is 5.78. The van der Waals surface area contributed by atoms with Crippen molar-refractivity contribution in [1.82, 2.24) is 4.57 Å². The number of hydrogen-bond donors (Lipinski definition) is 1. The summed E-state index contributed by atoms with van der Waals surface area (Å²) in [6, 6.07) is 6.60. The van der Waals surface area contributed by atoms with Crippen molar-refractivity contribution in [3.05, 3.63) is 77.6 Å². The van der Waals surface area contributed by atoms with Crippen LogP contribution in [-0.2, 0) is 16.5 Å². The molecule has 1 N–H and O–H groups in total. The zero-order chi connectivity index (χ0) is 25.5. The first-order valence-electron chi connectivity index (χ1n) is 12.8. The molecule has 0 bridgehead atoms. The van der Waals surface area contributed by atoms with Crippen LogP contribution in [0.25, 0.3) is 28.6 Å². The molecule has 0 amide bonds. The molecule has 1 aromatic carbocycles. The van der Waals surface area contributed by atoms with Crippen LogP contribution in [0, 0.1) is 0 Å². The summed E-state index contributed by atoms with van der Waals surface area (Å²) in [5, 5.41) is 12.4. The average molecular weight is 478 g/mol. The summed E-state index contributed by atoms with van der Waals surface area (Å²) in [5.74, 6) is 0.676. The Morgan fingerprint density at radius 1 is 1.00 bits per heavy atom. The molecule has 0 unspecified atom stereocenters. The van der Waals surface area contributed by atoms with Crippen molar-refractivity contribution in [2.75, 3.05) is 26.4 Å². The van der Waals surface area contributed by atoms with E-state index in [1.807, 2.05) is 12.2 Å². The third-order valence-electron chi connectivity index (χ3n) is 6.11. The number of rotatable bonds is 16. The van der Waals surface area contributed by atoms with E-state index in [1.54, 1.807) is 0 Å². The summed E-state index contributed by atoms with van der Waals surface area (Å²) >= 11 is 0. The molecule has 0 aliphatic rings. The molecule has 2 rings (SSSR count). The Balaban J connectivity index is 1.85. The minimum Gasteiger partial charge on any atom is -0.494 e. The lowest BCUT2D eigenvalue weighted by Crippen LogP contribution is -2.26. The van der Waals surface area contributed by atoms with Crippen LogP contribution in [0.2, 0.25) is 0 Å². The van der Waals surface area contributed by atoms with Crippen molar-refractivity contribution >= 4 is 28.6 Å². The second-order valence-electron chi connectivity index (χ2n) is 8.63. The number of allylic oxidation sites excluding steroid dienone is 5. The van der Waals surface area contributed by atoms with Crippen LogP contribution in [-0.4, -0.2) is 36.1 Å². The topological polar surface area (TPSA) is 43.6 Å². The second kappa shape index (κ2) is 16.0. The van der Waals surface area contributed by atoms with Gasteiger partial charge in [0.1, 0.15) is 5.76 Å². The Kier molecular flexibility index (Phi) is 13.0. The van der Waals surface area contributed by atoms with E-state index in [0.717, 1.165) is 62.9 Å². The van der Waals surface area contributed by atoms with Crippen LogP contribution in [0.5, 0.6) is 0 Å². The molecule has 4 heteroatoms. The van der Waals surface area contributed by atoms with Gasteiger partial charge >= 0.3 is 0 Å². The molecule has 0 saturated heterocycles. The van der Waals surface area contributed by atoms with Gasteiger partial charge in [-0.25, -0.2) is 0 Å². The Bertz CT molecular complexity index is 1130. The van der Waals surface area contributed by atoms with Crippen LogP contribution < -0.4 is 10.6 Å². The summed E-state index contributed by atoms with van der Waals surface area (Å²) in [7, 11) is 2.10. The van der Waals surface area contributed by atoms with Crippen molar-refractivity contribution in [3.63, 3.8) is 0 Å². The molecule has 1 aromatic heterocycles. The highest BCUT2D eigenvalue weighted by Gasteiger charge is 2.07. The van der Waals surface area contributed by atoms with Gasteiger partial charge in [0.2, 0.25) is 0 Å². The fourth-order valence-corrected chi connectivity index (χ4v) is 4.15. The summed E-state index contributed by atoms with van der Waals surface area (Å²) < 4.78 is 13.6. The molecule has 0 fully saturated rings. The lowest BCUT2D eigenvalue weighted by molar-refractivity contribution is 0.122. The minimum atomic E-state index is 0.273. The maximum absolute atomic E-state index is 8.76. The summed E-state index contributed by atoms with van der Waals surface area (Å²) in [6.07, 6.45) is 18.2. The van der Waals surface area contributed by atoms with Crippen LogP contribution in [0.4, 0.5) is 0 Å². The Morgan fingerprint density at radius 2 is 1.71 bits per heavy atom. The number of fused-ring (bicyclic) bond motifs is 1. The SMILES string of the molecule is C=C/C=c1\c(=C/C)c2ccc(C(/C=C\C(=C)OCCCCCOCCCCCO)=C/C)cc2n1C. The fourth-order valence-electron chi connectivity index (χ4n) is 4.15. The smallest absolute Gasteiger partial charge is 0.112 e. The van der Waals surface area contributed by atoms with Crippen LogP contribution >= 0.6 is 0 Å². The number of unbranched alkanes of at least 4 members (excludes halogenated alkanes) is 4. The molecule has 4 nitrogen and oxygen atoms in total. The number of aromatic nitrogens is 1. The fraction of sp³-hybridized carbons (Fsp3) is 0.419. The van der Waals surface area contributed by atoms with E-state index in [4.69, 9.17) is 14.6 Å².